The lowest BCUT2D eigenvalue weighted by molar-refractivity contribution is -0.120. The van der Waals surface area contributed by atoms with E-state index in [1.807, 2.05) is 0 Å². The number of ketones is 1. The maximum Gasteiger partial charge on any atom is 0.150 e. The van der Waals surface area contributed by atoms with E-state index >= 15 is 0 Å². The second-order valence-electron chi connectivity index (χ2n) is 3.52. The third kappa shape index (κ3) is 0.968. The minimum Gasteiger partial charge on any atom is -0.298 e. The molecule has 2 aliphatic carbocycles. The third-order valence-electron chi connectivity index (χ3n) is 2.83. The van der Waals surface area contributed by atoms with Crippen molar-refractivity contribution in [2.75, 3.05) is 5.88 Å². The molecule has 2 heteroatoms. The Morgan fingerprint density at radius 1 is 1.30 bits per heavy atom. The number of carbonyl (C=O) groups is 1. The summed E-state index contributed by atoms with van der Waals surface area (Å²) in [6.45, 7) is 0. The molecule has 0 aromatic heterocycles. The van der Waals surface area contributed by atoms with Crippen molar-refractivity contribution in [2.45, 2.75) is 19.3 Å². The molecule has 0 radical (unpaired) electrons. The van der Waals surface area contributed by atoms with Crippen molar-refractivity contribution in [3.8, 4) is 0 Å². The van der Waals surface area contributed by atoms with E-state index in [-0.39, 0.29) is 11.7 Å². The van der Waals surface area contributed by atoms with Gasteiger partial charge in [-0.15, -0.1) is 11.6 Å². The van der Waals surface area contributed by atoms with E-state index < -0.39 is 0 Å². The Labute approximate surface area is 65.7 Å². The van der Waals surface area contributed by atoms with E-state index in [9.17, 15) is 4.79 Å². The van der Waals surface area contributed by atoms with Crippen LogP contribution in [0.2, 0.25) is 0 Å². The predicted octanol–water partition coefficient (Wildman–Crippen LogP) is 1.84. The average Bonchev–Trinajstić information content (AvgIpc) is 2.57. The first-order valence-electron chi connectivity index (χ1n) is 3.90. The molecule has 0 aliphatic heterocycles. The molecule has 2 saturated carbocycles. The maximum absolute atomic E-state index is 11.0. The zero-order valence-corrected chi connectivity index (χ0v) is 6.60. The second-order valence-corrected chi connectivity index (χ2v) is 3.79. The lowest BCUT2D eigenvalue weighted by Crippen LogP contribution is -2.13. The SMILES string of the molecule is O=C(CCl)C1CC2CC2C1. The molecule has 2 aliphatic rings. The fourth-order valence-corrected chi connectivity index (χ4v) is 2.30. The van der Waals surface area contributed by atoms with Crippen LogP contribution in [0.5, 0.6) is 0 Å². The zero-order chi connectivity index (χ0) is 7.14. The van der Waals surface area contributed by atoms with Crippen molar-refractivity contribution in [2.24, 2.45) is 17.8 Å². The quantitative estimate of drug-likeness (QED) is 0.561. The average molecular weight is 159 g/mol. The molecule has 1 nitrogen and oxygen atoms in total. The largest absolute Gasteiger partial charge is 0.298 e. The number of hydrogen-bond acceptors (Lipinski definition) is 1. The van der Waals surface area contributed by atoms with Gasteiger partial charge in [0.1, 0.15) is 0 Å². The van der Waals surface area contributed by atoms with E-state index in [4.69, 9.17) is 11.6 Å². The highest BCUT2D eigenvalue weighted by Gasteiger charge is 2.47. The Hall–Kier alpha value is -0.0400. The topological polar surface area (TPSA) is 17.1 Å². The number of alkyl halides is 1. The maximum atomic E-state index is 11.0. The molecular formula is C8H11ClO. The molecule has 2 unspecified atom stereocenters. The van der Waals surface area contributed by atoms with Gasteiger partial charge in [0, 0.05) is 5.92 Å². The van der Waals surface area contributed by atoms with Crippen LogP contribution in [0.25, 0.3) is 0 Å². The van der Waals surface area contributed by atoms with Crippen LogP contribution in [-0.4, -0.2) is 11.7 Å². The van der Waals surface area contributed by atoms with Gasteiger partial charge in [-0.05, 0) is 31.1 Å². The van der Waals surface area contributed by atoms with Gasteiger partial charge in [-0.3, -0.25) is 4.79 Å². The highest BCUT2D eigenvalue weighted by atomic mass is 35.5. The Bertz CT molecular complexity index is 157. The summed E-state index contributed by atoms with van der Waals surface area (Å²) < 4.78 is 0. The van der Waals surface area contributed by atoms with Crippen LogP contribution in [0.3, 0.4) is 0 Å². The molecule has 10 heavy (non-hydrogen) atoms. The van der Waals surface area contributed by atoms with Crippen LogP contribution in [0.4, 0.5) is 0 Å². The normalized spacial score (nSPS) is 43.1. The monoisotopic (exact) mass is 158 g/mol. The molecule has 0 N–H and O–H groups in total. The number of rotatable bonds is 2. The minimum absolute atomic E-state index is 0.226. The minimum atomic E-state index is 0.226. The Kier molecular flexibility index (Phi) is 1.48. The molecular weight excluding hydrogens is 148 g/mol. The molecule has 2 fully saturated rings. The fraction of sp³-hybridized carbons (Fsp3) is 0.875. The van der Waals surface area contributed by atoms with Gasteiger partial charge < -0.3 is 0 Å². The first kappa shape index (κ1) is 6.66. The van der Waals surface area contributed by atoms with E-state index in [0.717, 1.165) is 24.7 Å². The summed E-state index contributed by atoms with van der Waals surface area (Å²) in [4.78, 5) is 11.0. The standard InChI is InChI=1S/C8H11ClO/c9-4-8(10)7-2-5-1-6(5)3-7/h5-7H,1-4H2. The molecule has 56 valence electrons. The van der Waals surface area contributed by atoms with E-state index in [1.54, 1.807) is 0 Å². The van der Waals surface area contributed by atoms with E-state index in [2.05, 4.69) is 0 Å². The van der Waals surface area contributed by atoms with Crippen LogP contribution in [0.1, 0.15) is 19.3 Å². The van der Waals surface area contributed by atoms with Gasteiger partial charge in [-0.25, -0.2) is 0 Å². The van der Waals surface area contributed by atoms with Crippen molar-refractivity contribution >= 4 is 17.4 Å². The van der Waals surface area contributed by atoms with Gasteiger partial charge in [-0.2, -0.15) is 0 Å². The number of hydrogen-bond donors (Lipinski definition) is 0. The highest BCUT2D eigenvalue weighted by Crippen LogP contribution is 2.54. The van der Waals surface area contributed by atoms with Crippen LogP contribution >= 0.6 is 11.6 Å². The first-order chi connectivity index (χ1) is 4.81. The van der Waals surface area contributed by atoms with Gasteiger partial charge in [0.25, 0.3) is 0 Å². The highest BCUT2D eigenvalue weighted by molar-refractivity contribution is 6.27. The third-order valence-corrected chi connectivity index (χ3v) is 3.09. The van der Waals surface area contributed by atoms with E-state index in [0.29, 0.717) is 5.92 Å². The van der Waals surface area contributed by atoms with Gasteiger partial charge in [0.2, 0.25) is 0 Å². The molecule has 2 atom stereocenters. The molecule has 0 aromatic carbocycles. The predicted molar refractivity (Wildman–Crippen MR) is 40.0 cm³/mol. The number of halogens is 1. The number of fused-ring (bicyclic) bond motifs is 1. The van der Waals surface area contributed by atoms with Crippen molar-refractivity contribution in [3.05, 3.63) is 0 Å². The molecule has 0 spiro atoms. The Morgan fingerprint density at radius 2 is 1.90 bits per heavy atom. The van der Waals surface area contributed by atoms with Crippen molar-refractivity contribution in [3.63, 3.8) is 0 Å². The summed E-state index contributed by atoms with van der Waals surface area (Å²) in [6, 6.07) is 0. The van der Waals surface area contributed by atoms with Crippen molar-refractivity contribution < 1.29 is 4.79 Å². The fourth-order valence-electron chi connectivity index (χ4n) is 2.09. The van der Waals surface area contributed by atoms with Crippen molar-refractivity contribution in [1.29, 1.82) is 0 Å². The summed E-state index contributed by atoms with van der Waals surface area (Å²) in [6.07, 6.45) is 3.65. The molecule has 0 aromatic rings. The van der Waals surface area contributed by atoms with Crippen LogP contribution in [-0.2, 0) is 4.79 Å². The molecule has 0 heterocycles. The van der Waals surface area contributed by atoms with E-state index in [1.165, 1.54) is 6.42 Å². The van der Waals surface area contributed by atoms with Gasteiger partial charge in [-0.1, -0.05) is 0 Å². The molecule has 0 amide bonds. The summed E-state index contributed by atoms with van der Waals surface area (Å²) in [5, 5.41) is 0. The molecule has 0 bridgehead atoms. The smallest absolute Gasteiger partial charge is 0.150 e. The summed E-state index contributed by atoms with van der Waals surface area (Å²) in [7, 11) is 0. The number of Topliss-reactive ketones (excluding diaryl/α,β-unsaturated/α-hetero) is 1. The van der Waals surface area contributed by atoms with Crippen LogP contribution in [0, 0.1) is 17.8 Å². The zero-order valence-electron chi connectivity index (χ0n) is 5.85. The lowest BCUT2D eigenvalue weighted by Gasteiger charge is -2.06. The van der Waals surface area contributed by atoms with Gasteiger partial charge in [0.15, 0.2) is 5.78 Å². The Morgan fingerprint density at radius 3 is 2.40 bits per heavy atom. The van der Waals surface area contributed by atoms with Gasteiger partial charge in [0.05, 0.1) is 5.88 Å². The Balaban J connectivity index is 1.90. The summed E-state index contributed by atoms with van der Waals surface area (Å²) >= 11 is 5.45. The first-order valence-corrected chi connectivity index (χ1v) is 4.43. The molecule has 0 saturated heterocycles. The summed E-state index contributed by atoms with van der Waals surface area (Å²) in [5.74, 6) is 2.63. The molecule has 2 rings (SSSR count). The number of carbonyl (C=O) groups excluding carboxylic acids is 1. The second kappa shape index (κ2) is 2.23. The van der Waals surface area contributed by atoms with Crippen molar-refractivity contribution in [1.82, 2.24) is 0 Å². The van der Waals surface area contributed by atoms with Gasteiger partial charge >= 0.3 is 0 Å². The van der Waals surface area contributed by atoms with Crippen LogP contribution < -0.4 is 0 Å². The summed E-state index contributed by atoms with van der Waals surface area (Å²) in [5.41, 5.74) is 0. The van der Waals surface area contributed by atoms with Crippen LogP contribution in [0.15, 0.2) is 0 Å². The lowest BCUT2D eigenvalue weighted by atomic mass is 10.00.